The standard InChI is InChI=1S/C12H15NO/c1-9(14)11-6-5-10-4-2-3-7-13-12(10)8-11/h5-6,8,13H,2-4,7H2,1H3. The number of Topliss-reactive ketones (excluding diaryl/α,β-unsaturated/α-hetero) is 1. The zero-order valence-electron chi connectivity index (χ0n) is 8.47. The van der Waals surface area contributed by atoms with Gasteiger partial charge in [0.15, 0.2) is 5.78 Å². The summed E-state index contributed by atoms with van der Waals surface area (Å²) in [5, 5.41) is 3.37. The van der Waals surface area contributed by atoms with E-state index < -0.39 is 0 Å². The van der Waals surface area contributed by atoms with Crippen molar-refractivity contribution in [1.29, 1.82) is 0 Å². The number of carbonyl (C=O) groups excluding carboxylic acids is 1. The fourth-order valence-electron chi connectivity index (χ4n) is 1.84. The van der Waals surface area contributed by atoms with E-state index in [0.717, 1.165) is 24.2 Å². The van der Waals surface area contributed by atoms with Crippen LogP contribution in [0.4, 0.5) is 5.69 Å². The predicted octanol–water partition coefficient (Wildman–Crippen LogP) is 2.64. The highest BCUT2D eigenvalue weighted by Gasteiger charge is 2.08. The second-order valence-corrected chi connectivity index (χ2v) is 3.81. The number of aryl methyl sites for hydroxylation is 1. The zero-order valence-corrected chi connectivity index (χ0v) is 8.47. The molecular weight excluding hydrogens is 174 g/mol. The Morgan fingerprint density at radius 3 is 3.00 bits per heavy atom. The Balaban J connectivity index is 2.37. The van der Waals surface area contributed by atoms with Gasteiger partial charge >= 0.3 is 0 Å². The molecule has 0 spiro atoms. The van der Waals surface area contributed by atoms with E-state index in [1.54, 1.807) is 6.92 Å². The van der Waals surface area contributed by atoms with Gasteiger partial charge in [-0.15, -0.1) is 0 Å². The van der Waals surface area contributed by atoms with Crippen LogP contribution in [0.1, 0.15) is 35.7 Å². The minimum Gasteiger partial charge on any atom is -0.385 e. The molecule has 0 saturated carbocycles. The molecule has 0 radical (unpaired) electrons. The lowest BCUT2D eigenvalue weighted by atomic mass is 10.0. The van der Waals surface area contributed by atoms with E-state index in [9.17, 15) is 4.79 Å². The molecule has 1 aliphatic rings. The van der Waals surface area contributed by atoms with Gasteiger partial charge in [-0.05, 0) is 37.8 Å². The molecule has 2 heteroatoms. The van der Waals surface area contributed by atoms with Gasteiger partial charge in [-0.25, -0.2) is 0 Å². The molecule has 14 heavy (non-hydrogen) atoms. The number of rotatable bonds is 1. The molecule has 74 valence electrons. The Morgan fingerprint density at radius 2 is 2.21 bits per heavy atom. The highest BCUT2D eigenvalue weighted by atomic mass is 16.1. The van der Waals surface area contributed by atoms with Gasteiger partial charge in [0.25, 0.3) is 0 Å². The fourth-order valence-corrected chi connectivity index (χ4v) is 1.84. The van der Waals surface area contributed by atoms with Gasteiger partial charge in [0.05, 0.1) is 0 Å². The molecule has 1 heterocycles. The van der Waals surface area contributed by atoms with Crippen LogP contribution in [0.5, 0.6) is 0 Å². The van der Waals surface area contributed by atoms with Crippen LogP contribution in [0.15, 0.2) is 18.2 Å². The van der Waals surface area contributed by atoms with Crippen molar-refractivity contribution in [2.45, 2.75) is 26.2 Å². The second kappa shape index (κ2) is 3.82. The molecule has 0 aliphatic carbocycles. The Kier molecular flexibility index (Phi) is 2.53. The van der Waals surface area contributed by atoms with Crippen molar-refractivity contribution >= 4 is 11.5 Å². The van der Waals surface area contributed by atoms with Crippen molar-refractivity contribution < 1.29 is 4.79 Å². The molecular formula is C12H15NO. The van der Waals surface area contributed by atoms with Crippen LogP contribution in [-0.2, 0) is 6.42 Å². The summed E-state index contributed by atoms with van der Waals surface area (Å²) in [5.74, 6) is 0.138. The van der Waals surface area contributed by atoms with Crippen molar-refractivity contribution in [1.82, 2.24) is 0 Å². The molecule has 0 amide bonds. The van der Waals surface area contributed by atoms with E-state index in [-0.39, 0.29) is 5.78 Å². The van der Waals surface area contributed by atoms with Crippen LogP contribution in [0, 0.1) is 0 Å². The molecule has 1 aliphatic heterocycles. The first kappa shape index (κ1) is 9.25. The summed E-state index contributed by atoms with van der Waals surface area (Å²) in [6, 6.07) is 5.97. The van der Waals surface area contributed by atoms with Gasteiger partial charge in [-0.2, -0.15) is 0 Å². The van der Waals surface area contributed by atoms with E-state index >= 15 is 0 Å². The Bertz CT molecular complexity index is 357. The summed E-state index contributed by atoms with van der Waals surface area (Å²) < 4.78 is 0. The number of carbonyl (C=O) groups is 1. The average Bonchev–Trinajstić information content (AvgIpc) is 2.41. The van der Waals surface area contributed by atoms with Crippen molar-refractivity contribution in [3.05, 3.63) is 29.3 Å². The predicted molar refractivity (Wildman–Crippen MR) is 57.9 cm³/mol. The molecule has 1 aromatic rings. The summed E-state index contributed by atoms with van der Waals surface area (Å²) in [6.07, 6.45) is 3.57. The van der Waals surface area contributed by atoms with Gasteiger partial charge in [-0.1, -0.05) is 12.1 Å². The van der Waals surface area contributed by atoms with Crippen LogP contribution in [0.2, 0.25) is 0 Å². The lowest BCUT2D eigenvalue weighted by molar-refractivity contribution is 0.101. The fraction of sp³-hybridized carbons (Fsp3) is 0.417. The maximum Gasteiger partial charge on any atom is 0.159 e. The van der Waals surface area contributed by atoms with E-state index in [0.29, 0.717) is 0 Å². The third kappa shape index (κ3) is 1.79. The number of anilines is 1. The van der Waals surface area contributed by atoms with Crippen LogP contribution in [-0.4, -0.2) is 12.3 Å². The van der Waals surface area contributed by atoms with Crippen molar-refractivity contribution in [3.63, 3.8) is 0 Å². The van der Waals surface area contributed by atoms with Gasteiger partial charge in [-0.3, -0.25) is 4.79 Å². The van der Waals surface area contributed by atoms with E-state index in [4.69, 9.17) is 0 Å². The number of ketones is 1. The molecule has 1 aromatic carbocycles. The minimum atomic E-state index is 0.138. The smallest absolute Gasteiger partial charge is 0.159 e. The Hall–Kier alpha value is -1.31. The summed E-state index contributed by atoms with van der Waals surface area (Å²) in [4.78, 5) is 11.2. The average molecular weight is 189 g/mol. The minimum absolute atomic E-state index is 0.138. The highest BCUT2D eigenvalue weighted by molar-refractivity contribution is 5.95. The molecule has 0 fully saturated rings. The summed E-state index contributed by atoms with van der Waals surface area (Å²) in [6.45, 7) is 2.63. The van der Waals surface area contributed by atoms with Gasteiger partial charge in [0.1, 0.15) is 0 Å². The van der Waals surface area contributed by atoms with Crippen LogP contribution < -0.4 is 5.32 Å². The number of nitrogens with one attached hydrogen (secondary N) is 1. The van der Waals surface area contributed by atoms with Gasteiger partial charge < -0.3 is 5.32 Å². The molecule has 1 N–H and O–H groups in total. The SMILES string of the molecule is CC(=O)c1ccc2c(c1)NCCCC2. The zero-order chi connectivity index (χ0) is 9.97. The second-order valence-electron chi connectivity index (χ2n) is 3.81. The molecule has 0 unspecified atom stereocenters. The van der Waals surface area contributed by atoms with Gasteiger partial charge in [0.2, 0.25) is 0 Å². The van der Waals surface area contributed by atoms with Crippen LogP contribution in [0.25, 0.3) is 0 Å². The van der Waals surface area contributed by atoms with Crippen LogP contribution in [0.3, 0.4) is 0 Å². The number of hydrogen-bond acceptors (Lipinski definition) is 2. The number of benzene rings is 1. The Morgan fingerprint density at radius 1 is 1.36 bits per heavy atom. The number of hydrogen-bond donors (Lipinski definition) is 1. The normalized spacial score (nSPS) is 15.2. The molecule has 0 aromatic heterocycles. The third-order valence-electron chi connectivity index (χ3n) is 2.70. The molecule has 2 nitrogen and oxygen atoms in total. The maximum absolute atomic E-state index is 11.2. The van der Waals surface area contributed by atoms with E-state index in [1.807, 2.05) is 12.1 Å². The first-order chi connectivity index (χ1) is 6.77. The summed E-state index contributed by atoms with van der Waals surface area (Å²) in [5.41, 5.74) is 3.29. The number of fused-ring (bicyclic) bond motifs is 1. The third-order valence-corrected chi connectivity index (χ3v) is 2.70. The first-order valence-corrected chi connectivity index (χ1v) is 5.15. The highest BCUT2D eigenvalue weighted by Crippen LogP contribution is 2.22. The Labute approximate surface area is 84.3 Å². The molecule has 0 bridgehead atoms. The monoisotopic (exact) mass is 189 g/mol. The largest absolute Gasteiger partial charge is 0.385 e. The molecule has 0 atom stereocenters. The molecule has 0 saturated heterocycles. The lowest BCUT2D eigenvalue weighted by Gasteiger charge is -2.08. The van der Waals surface area contributed by atoms with Crippen molar-refractivity contribution in [2.75, 3.05) is 11.9 Å². The van der Waals surface area contributed by atoms with Crippen molar-refractivity contribution in [3.8, 4) is 0 Å². The topological polar surface area (TPSA) is 29.1 Å². The summed E-state index contributed by atoms with van der Waals surface area (Å²) in [7, 11) is 0. The quantitative estimate of drug-likeness (QED) is 0.688. The van der Waals surface area contributed by atoms with E-state index in [2.05, 4.69) is 11.4 Å². The molecule has 2 rings (SSSR count). The lowest BCUT2D eigenvalue weighted by Crippen LogP contribution is -2.01. The van der Waals surface area contributed by atoms with E-state index in [1.165, 1.54) is 18.4 Å². The maximum atomic E-state index is 11.2. The van der Waals surface area contributed by atoms with Crippen molar-refractivity contribution in [2.24, 2.45) is 0 Å². The van der Waals surface area contributed by atoms with Gasteiger partial charge in [0, 0.05) is 17.8 Å². The first-order valence-electron chi connectivity index (χ1n) is 5.15. The van der Waals surface area contributed by atoms with Crippen LogP contribution >= 0.6 is 0 Å². The summed E-state index contributed by atoms with van der Waals surface area (Å²) >= 11 is 0.